The minimum Gasteiger partial charge on any atom is -0.495 e. The van der Waals surface area contributed by atoms with Crippen molar-refractivity contribution in [2.24, 2.45) is 0 Å². The van der Waals surface area contributed by atoms with Gasteiger partial charge in [-0.3, -0.25) is 4.79 Å². The van der Waals surface area contributed by atoms with E-state index in [2.05, 4.69) is 4.72 Å². The molecule has 166 valence electrons. The van der Waals surface area contributed by atoms with Gasteiger partial charge in [0.25, 0.3) is 5.91 Å². The molecule has 0 spiro atoms. The summed E-state index contributed by atoms with van der Waals surface area (Å²) >= 11 is 0. The van der Waals surface area contributed by atoms with E-state index < -0.39 is 10.0 Å². The Bertz CT molecular complexity index is 1210. The highest BCUT2D eigenvalue weighted by atomic mass is 32.2. The van der Waals surface area contributed by atoms with Crippen LogP contribution in [0.3, 0.4) is 0 Å². The summed E-state index contributed by atoms with van der Waals surface area (Å²) in [7, 11) is 0.676. The fourth-order valence-corrected chi connectivity index (χ4v) is 3.81. The number of hydrogen-bond donors (Lipinski definition) is 1. The van der Waals surface area contributed by atoms with Crippen LogP contribution in [0.1, 0.15) is 5.56 Å². The highest BCUT2D eigenvalue weighted by Crippen LogP contribution is 2.26. The normalized spacial score (nSPS) is 11.3. The zero-order valence-corrected chi connectivity index (χ0v) is 18.8. The molecule has 0 aliphatic rings. The molecule has 0 aliphatic heterocycles. The molecule has 3 aromatic rings. The van der Waals surface area contributed by atoms with Crippen molar-refractivity contribution in [2.45, 2.75) is 4.90 Å². The molecule has 0 aliphatic carbocycles. The van der Waals surface area contributed by atoms with Gasteiger partial charge in [-0.05, 0) is 67.2 Å². The third-order valence-corrected chi connectivity index (χ3v) is 6.13. The van der Waals surface area contributed by atoms with Crippen LogP contribution in [-0.2, 0) is 14.8 Å². The molecule has 0 saturated carbocycles. The second-order valence-corrected chi connectivity index (χ2v) is 8.61. The van der Waals surface area contributed by atoms with E-state index in [9.17, 15) is 13.2 Å². The number of carbonyl (C=O) groups is 1. The van der Waals surface area contributed by atoms with Crippen LogP contribution >= 0.6 is 0 Å². The van der Waals surface area contributed by atoms with E-state index in [1.807, 2.05) is 30.3 Å². The van der Waals surface area contributed by atoms with Crippen LogP contribution in [0.2, 0.25) is 0 Å². The number of sulfonamides is 1. The average Bonchev–Trinajstić information content (AvgIpc) is 2.83. The number of methoxy groups -OCH3 is 1. The zero-order chi connectivity index (χ0) is 23.1. The number of nitrogens with zero attached hydrogens (tertiary/aromatic N) is 1. The predicted octanol–water partition coefficient (Wildman–Crippen LogP) is 4.07. The molecule has 0 saturated heterocycles. The van der Waals surface area contributed by atoms with Gasteiger partial charge in [0.2, 0.25) is 10.0 Å². The van der Waals surface area contributed by atoms with Crippen molar-refractivity contribution >= 4 is 27.7 Å². The van der Waals surface area contributed by atoms with E-state index in [0.29, 0.717) is 17.0 Å². The van der Waals surface area contributed by atoms with Crippen molar-refractivity contribution in [3.05, 3.63) is 84.4 Å². The molecule has 0 heterocycles. The maximum Gasteiger partial charge on any atom is 0.250 e. The van der Waals surface area contributed by atoms with Gasteiger partial charge in [-0.1, -0.05) is 24.3 Å². The number of hydrogen-bond acceptors (Lipinski definition) is 5. The van der Waals surface area contributed by atoms with Crippen LogP contribution in [0.25, 0.3) is 6.08 Å². The molecular weight excluding hydrogens is 428 g/mol. The minimum absolute atomic E-state index is 0.000501. The van der Waals surface area contributed by atoms with Crippen LogP contribution in [0.5, 0.6) is 17.2 Å². The number of carbonyl (C=O) groups excluding carboxylic acids is 1. The van der Waals surface area contributed by atoms with E-state index in [0.717, 1.165) is 5.75 Å². The molecule has 0 fully saturated rings. The Morgan fingerprint density at radius 3 is 2.25 bits per heavy atom. The Morgan fingerprint density at radius 2 is 1.62 bits per heavy atom. The summed E-state index contributed by atoms with van der Waals surface area (Å²) in [6.07, 6.45) is 2.94. The fourth-order valence-electron chi connectivity index (χ4n) is 2.89. The van der Waals surface area contributed by atoms with Gasteiger partial charge in [-0.15, -0.1) is 0 Å². The lowest BCUT2D eigenvalue weighted by molar-refractivity contribution is -0.113. The molecule has 0 bridgehead atoms. The highest BCUT2D eigenvalue weighted by Gasteiger charge is 2.18. The molecule has 1 amide bonds. The monoisotopic (exact) mass is 452 g/mol. The van der Waals surface area contributed by atoms with Crippen molar-refractivity contribution in [3.8, 4) is 17.2 Å². The van der Waals surface area contributed by atoms with Crippen molar-refractivity contribution in [1.82, 2.24) is 4.72 Å². The number of nitrogens with one attached hydrogen (secondary N) is 1. The summed E-state index contributed by atoms with van der Waals surface area (Å²) in [5.74, 6) is 1.34. The smallest absolute Gasteiger partial charge is 0.250 e. The number of anilines is 1. The summed E-state index contributed by atoms with van der Waals surface area (Å²) in [5.41, 5.74) is 1.24. The van der Waals surface area contributed by atoms with Crippen molar-refractivity contribution in [3.63, 3.8) is 0 Å². The summed E-state index contributed by atoms with van der Waals surface area (Å²) in [6, 6.07) is 21.2. The summed E-state index contributed by atoms with van der Waals surface area (Å²) in [5, 5.41) is 0. The maximum atomic E-state index is 12.6. The van der Waals surface area contributed by atoms with Crippen LogP contribution in [0.15, 0.2) is 83.8 Å². The number of benzene rings is 3. The third-order valence-electron chi connectivity index (χ3n) is 4.70. The van der Waals surface area contributed by atoms with Gasteiger partial charge in [0.1, 0.15) is 22.1 Å². The summed E-state index contributed by atoms with van der Waals surface area (Å²) in [6.45, 7) is 0. The van der Waals surface area contributed by atoms with Crippen LogP contribution in [0, 0.1) is 0 Å². The first-order chi connectivity index (χ1) is 15.3. The minimum atomic E-state index is -3.70. The zero-order valence-electron chi connectivity index (χ0n) is 18.0. The molecule has 0 unspecified atom stereocenters. The standard InChI is InChI=1S/C24H24N2O5S/c1-25-32(28,29)23-17-18(9-15-22(23)30-3)10-16-24(27)26(2)19-11-13-21(14-12-19)31-20-7-5-4-6-8-20/h4-17,25H,1-3H3/b16-10+. The van der Waals surface area contributed by atoms with Gasteiger partial charge < -0.3 is 14.4 Å². The quantitative estimate of drug-likeness (QED) is 0.521. The van der Waals surface area contributed by atoms with Crippen molar-refractivity contribution in [2.75, 3.05) is 26.1 Å². The number of para-hydroxylation sites is 1. The molecule has 0 aromatic heterocycles. The van der Waals surface area contributed by atoms with Gasteiger partial charge in [-0.25, -0.2) is 13.1 Å². The first-order valence-electron chi connectivity index (χ1n) is 9.74. The summed E-state index contributed by atoms with van der Waals surface area (Å²) in [4.78, 5) is 14.1. The lowest BCUT2D eigenvalue weighted by Crippen LogP contribution is -2.23. The van der Waals surface area contributed by atoms with Gasteiger partial charge in [0, 0.05) is 18.8 Å². The predicted molar refractivity (Wildman–Crippen MR) is 125 cm³/mol. The third kappa shape index (κ3) is 5.54. The van der Waals surface area contributed by atoms with Gasteiger partial charge >= 0.3 is 0 Å². The molecule has 3 aromatic carbocycles. The van der Waals surface area contributed by atoms with E-state index >= 15 is 0 Å². The average molecular weight is 453 g/mol. The largest absolute Gasteiger partial charge is 0.495 e. The highest BCUT2D eigenvalue weighted by molar-refractivity contribution is 7.89. The molecule has 1 N–H and O–H groups in total. The summed E-state index contributed by atoms with van der Waals surface area (Å²) < 4.78 is 37.6. The fraction of sp³-hybridized carbons (Fsp3) is 0.125. The molecule has 3 rings (SSSR count). The lowest BCUT2D eigenvalue weighted by atomic mass is 10.2. The number of amides is 1. The molecular formula is C24H24N2O5S. The first-order valence-corrected chi connectivity index (χ1v) is 11.2. The van der Waals surface area contributed by atoms with Gasteiger partial charge in [0.15, 0.2) is 0 Å². The van der Waals surface area contributed by atoms with Crippen LogP contribution in [0.4, 0.5) is 5.69 Å². The second-order valence-electron chi connectivity index (χ2n) is 6.76. The topological polar surface area (TPSA) is 84.9 Å². The Balaban J connectivity index is 1.72. The van der Waals surface area contributed by atoms with E-state index in [4.69, 9.17) is 9.47 Å². The van der Waals surface area contributed by atoms with E-state index in [1.165, 1.54) is 31.2 Å². The lowest BCUT2D eigenvalue weighted by Gasteiger charge is -2.16. The SMILES string of the molecule is CNS(=O)(=O)c1cc(/C=C/C(=O)N(C)c2ccc(Oc3ccccc3)cc2)ccc1OC. The molecule has 8 heteroatoms. The number of ether oxygens (including phenoxy) is 2. The van der Waals surface area contributed by atoms with E-state index in [-0.39, 0.29) is 16.6 Å². The van der Waals surface area contributed by atoms with Crippen LogP contribution < -0.4 is 19.1 Å². The second kappa shape index (κ2) is 10.1. The molecule has 7 nitrogen and oxygen atoms in total. The number of likely N-dealkylation sites (N-methyl/N-ethyl adjacent to an activating group) is 1. The van der Waals surface area contributed by atoms with Crippen molar-refractivity contribution < 1.29 is 22.7 Å². The van der Waals surface area contributed by atoms with Crippen molar-refractivity contribution in [1.29, 1.82) is 0 Å². The molecule has 0 radical (unpaired) electrons. The van der Waals surface area contributed by atoms with Gasteiger partial charge in [-0.2, -0.15) is 0 Å². The van der Waals surface area contributed by atoms with E-state index in [1.54, 1.807) is 49.5 Å². The van der Waals surface area contributed by atoms with Gasteiger partial charge in [0.05, 0.1) is 7.11 Å². The molecule has 32 heavy (non-hydrogen) atoms. The Hall–Kier alpha value is -3.62. The Kier molecular flexibility index (Phi) is 7.29. The maximum absolute atomic E-state index is 12.6. The Labute approximate surface area is 188 Å². The first kappa shape index (κ1) is 23.1. The number of rotatable bonds is 8. The Morgan fingerprint density at radius 1 is 0.969 bits per heavy atom. The van der Waals surface area contributed by atoms with Crippen LogP contribution in [-0.4, -0.2) is 35.5 Å². The molecule has 0 atom stereocenters.